The molecule has 18 heavy (non-hydrogen) atoms. The first-order valence-electron chi connectivity index (χ1n) is 6.36. The van der Waals surface area contributed by atoms with Crippen LogP contribution >= 0.6 is 0 Å². The Morgan fingerprint density at radius 1 is 1.06 bits per heavy atom. The van der Waals surface area contributed by atoms with Crippen LogP contribution in [-0.2, 0) is 23.8 Å². The standard InChI is InChI=1S/C13H22O5/c1-6-11-7(2)8(3)12(16-9(4)14)13(18-11)17-10(5)15/h7-8,11-13H,6H2,1-5H3. The molecule has 1 fully saturated rings. The van der Waals surface area contributed by atoms with Crippen molar-refractivity contribution in [2.45, 2.75) is 59.5 Å². The maximum absolute atomic E-state index is 11.1. The third-order valence-corrected chi connectivity index (χ3v) is 3.50. The Hall–Kier alpha value is -1.10. The molecule has 0 saturated carbocycles. The van der Waals surface area contributed by atoms with Crippen LogP contribution in [0.1, 0.15) is 41.0 Å². The van der Waals surface area contributed by atoms with Gasteiger partial charge in [0.25, 0.3) is 0 Å². The molecule has 5 heteroatoms. The summed E-state index contributed by atoms with van der Waals surface area (Å²) in [7, 11) is 0. The summed E-state index contributed by atoms with van der Waals surface area (Å²) in [6, 6.07) is 0. The average molecular weight is 258 g/mol. The summed E-state index contributed by atoms with van der Waals surface area (Å²) in [5.41, 5.74) is 0. The second-order valence-electron chi connectivity index (χ2n) is 4.85. The Kier molecular flexibility index (Phi) is 5.14. The van der Waals surface area contributed by atoms with Crippen LogP contribution in [0.25, 0.3) is 0 Å². The molecule has 104 valence electrons. The zero-order chi connectivity index (χ0) is 13.9. The van der Waals surface area contributed by atoms with Crippen LogP contribution in [-0.4, -0.2) is 30.4 Å². The average Bonchev–Trinajstić information content (AvgIpc) is 2.27. The normalized spacial score (nSPS) is 35.9. The SMILES string of the molecule is CCC1OC(OC(C)=O)C(OC(C)=O)C(C)C1C. The number of carbonyl (C=O) groups is 2. The van der Waals surface area contributed by atoms with Gasteiger partial charge in [0.2, 0.25) is 6.29 Å². The van der Waals surface area contributed by atoms with E-state index in [2.05, 4.69) is 6.92 Å². The van der Waals surface area contributed by atoms with Gasteiger partial charge >= 0.3 is 11.9 Å². The van der Waals surface area contributed by atoms with E-state index in [1.165, 1.54) is 13.8 Å². The van der Waals surface area contributed by atoms with E-state index in [4.69, 9.17) is 14.2 Å². The number of esters is 2. The molecule has 0 spiro atoms. The lowest BCUT2D eigenvalue weighted by Gasteiger charge is -2.43. The van der Waals surface area contributed by atoms with Gasteiger partial charge in [0.1, 0.15) is 0 Å². The van der Waals surface area contributed by atoms with Gasteiger partial charge in [-0.1, -0.05) is 20.8 Å². The second kappa shape index (κ2) is 6.18. The highest BCUT2D eigenvalue weighted by atomic mass is 16.7. The van der Waals surface area contributed by atoms with E-state index >= 15 is 0 Å². The smallest absolute Gasteiger partial charge is 0.305 e. The number of rotatable bonds is 3. The topological polar surface area (TPSA) is 61.8 Å². The van der Waals surface area contributed by atoms with Crippen molar-refractivity contribution in [3.05, 3.63) is 0 Å². The van der Waals surface area contributed by atoms with Crippen LogP contribution in [0.5, 0.6) is 0 Å². The molecule has 0 radical (unpaired) electrons. The van der Waals surface area contributed by atoms with E-state index in [1.807, 2.05) is 13.8 Å². The van der Waals surface area contributed by atoms with Crippen LogP contribution in [0.4, 0.5) is 0 Å². The number of carbonyl (C=O) groups excluding carboxylic acids is 2. The van der Waals surface area contributed by atoms with E-state index < -0.39 is 24.3 Å². The van der Waals surface area contributed by atoms with Gasteiger partial charge in [0.15, 0.2) is 6.10 Å². The lowest BCUT2D eigenvalue weighted by molar-refractivity contribution is -0.266. The molecule has 1 aliphatic rings. The fraction of sp³-hybridized carbons (Fsp3) is 0.846. The van der Waals surface area contributed by atoms with Crippen molar-refractivity contribution in [1.82, 2.24) is 0 Å². The Morgan fingerprint density at radius 3 is 2.06 bits per heavy atom. The molecule has 1 aliphatic heterocycles. The molecule has 5 unspecified atom stereocenters. The molecule has 0 aromatic carbocycles. The van der Waals surface area contributed by atoms with Gasteiger partial charge in [0, 0.05) is 19.8 Å². The molecule has 1 heterocycles. The van der Waals surface area contributed by atoms with Crippen molar-refractivity contribution in [1.29, 1.82) is 0 Å². The van der Waals surface area contributed by atoms with E-state index in [9.17, 15) is 9.59 Å². The van der Waals surface area contributed by atoms with Gasteiger partial charge < -0.3 is 14.2 Å². The van der Waals surface area contributed by atoms with Gasteiger partial charge in [-0.15, -0.1) is 0 Å². The van der Waals surface area contributed by atoms with Crippen molar-refractivity contribution >= 4 is 11.9 Å². The summed E-state index contributed by atoms with van der Waals surface area (Å²) in [5.74, 6) is -0.508. The van der Waals surface area contributed by atoms with Crippen molar-refractivity contribution in [3.63, 3.8) is 0 Å². The first-order chi connectivity index (χ1) is 8.36. The Bertz CT molecular complexity index is 315. The Balaban J connectivity index is 2.86. The number of hydrogen-bond acceptors (Lipinski definition) is 5. The highest BCUT2D eigenvalue weighted by Crippen LogP contribution is 2.34. The lowest BCUT2D eigenvalue weighted by Crippen LogP contribution is -2.52. The summed E-state index contributed by atoms with van der Waals surface area (Å²) >= 11 is 0. The van der Waals surface area contributed by atoms with Gasteiger partial charge in [-0.25, -0.2) is 0 Å². The molecule has 5 nitrogen and oxygen atoms in total. The summed E-state index contributed by atoms with van der Waals surface area (Å²) in [4.78, 5) is 22.2. The van der Waals surface area contributed by atoms with E-state index in [1.54, 1.807) is 0 Å². The van der Waals surface area contributed by atoms with Gasteiger partial charge in [-0.05, 0) is 12.3 Å². The zero-order valence-corrected chi connectivity index (χ0v) is 11.6. The predicted molar refractivity (Wildman–Crippen MR) is 64.6 cm³/mol. The largest absolute Gasteiger partial charge is 0.456 e. The maximum atomic E-state index is 11.1. The Labute approximate surface area is 108 Å². The van der Waals surface area contributed by atoms with E-state index in [-0.39, 0.29) is 17.9 Å². The quantitative estimate of drug-likeness (QED) is 0.723. The first-order valence-corrected chi connectivity index (χ1v) is 6.36. The highest BCUT2D eigenvalue weighted by Gasteiger charge is 2.44. The van der Waals surface area contributed by atoms with Crippen molar-refractivity contribution in [2.75, 3.05) is 0 Å². The summed E-state index contributed by atoms with van der Waals surface area (Å²) in [6.07, 6.45) is -0.501. The highest BCUT2D eigenvalue weighted by molar-refractivity contribution is 5.67. The van der Waals surface area contributed by atoms with Crippen LogP contribution in [0, 0.1) is 11.8 Å². The number of hydrogen-bond donors (Lipinski definition) is 0. The maximum Gasteiger partial charge on any atom is 0.305 e. The van der Waals surface area contributed by atoms with Gasteiger partial charge in [-0.3, -0.25) is 9.59 Å². The molecule has 1 rings (SSSR count). The Morgan fingerprint density at radius 2 is 1.61 bits per heavy atom. The van der Waals surface area contributed by atoms with Crippen LogP contribution in [0.2, 0.25) is 0 Å². The van der Waals surface area contributed by atoms with Crippen molar-refractivity contribution < 1.29 is 23.8 Å². The molecular formula is C13H22O5. The third kappa shape index (κ3) is 3.45. The molecule has 0 amide bonds. The fourth-order valence-corrected chi connectivity index (χ4v) is 2.34. The summed E-state index contributed by atoms with van der Waals surface area (Å²) in [6.45, 7) is 8.72. The molecule has 0 aromatic rings. The predicted octanol–water partition coefficient (Wildman–Crippen LogP) is 1.89. The zero-order valence-electron chi connectivity index (χ0n) is 11.6. The molecule has 1 saturated heterocycles. The van der Waals surface area contributed by atoms with Crippen molar-refractivity contribution in [3.8, 4) is 0 Å². The van der Waals surface area contributed by atoms with Gasteiger partial charge in [0.05, 0.1) is 6.10 Å². The fourth-order valence-electron chi connectivity index (χ4n) is 2.34. The number of ether oxygens (including phenoxy) is 3. The summed E-state index contributed by atoms with van der Waals surface area (Å²) < 4.78 is 16.1. The van der Waals surface area contributed by atoms with Crippen LogP contribution in [0.15, 0.2) is 0 Å². The van der Waals surface area contributed by atoms with Crippen LogP contribution in [0.3, 0.4) is 0 Å². The minimum absolute atomic E-state index is 0.0103. The monoisotopic (exact) mass is 258 g/mol. The minimum atomic E-state index is -0.803. The lowest BCUT2D eigenvalue weighted by atomic mass is 9.82. The summed E-state index contributed by atoms with van der Waals surface area (Å²) in [5, 5.41) is 0. The minimum Gasteiger partial charge on any atom is -0.456 e. The second-order valence-corrected chi connectivity index (χ2v) is 4.85. The van der Waals surface area contributed by atoms with Gasteiger partial charge in [-0.2, -0.15) is 0 Å². The molecule has 0 aliphatic carbocycles. The molecule has 0 N–H and O–H groups in total. The van der Waals surface area contributed by atoms with E-state index in [0.717, 1.165) is 6.42 Å². The van der Waals surface area contributed by atoms with E-state index in [0.29, 0.717) is 0 Å². The molecule has 0 bridgehead atoms. The van der Waals surface area contributed by atoms with Crippen molar-refractivity contribution in [2.24, 2.45) is 11.8 Å². The van der Waals surface area contributed by atoms with Crippen LogP contribution < -0.4 is 0 Å². The molecular weight excluding hydrogens is 236 g/mol. The third-order valence-electron chi connectivity index (χ3n) is 3.50. The first kappa shape index (κ1) is 15.0. The molecule has 0 aromatic heterocycles. The molecule has 5 atom stereocenters.